The molecule has 0 spiro atoms. The molecule has 0 aliphatic carbocycles. The van der Waals surface area contributed by atoms with Crippen molar-refractivity contribution in [3.63, 3.8) is 0 Å². The summed E-state index contributed by atoms with van der Waals surface area (Å²) in [5.74, 6) is 1.40. The van der Waals surface area contributed by atoms with Crippen LogP contribution in [0.15, 0.2) is 48.5 Å². The molecule has 28 heavy (non-hydrogen) atoms. The van der Waals surface area contributed by atoms with E-state index < -0.39 is 0 Å². The lowest BCUT2D eigenvalue weighted by atomic mass is 9.98. The molecule has 2 nitrogen and oxygen atoms in total. The van der Waals surface area contributed by atoms with Gasteiger partial charge in [-0.05, 0) is 46.9 Å². The summed E-state index contributed by atoms with van der Waals surface area (Å²) < 4.78 is 0. The summed E-state index contributed by atoms with van der Waals surface area (Å²) in [6, 6.07) is 17.1. The third-order valence-electron chi connectivity index (χ3n) is 4.87. The zero-order valence-electron chi connectivity index (χ0n) is 18.3. The Labute approximate surface area is 171 Å². The van der Waals surface area contributed by atoms with Gasteiger partial charge in [-0.2, -0.15) is 0 Å². The standard InChI is InChI=1S/2C13H18O/c2*1-10(2)13-6-4-12(5-7-13)8-11(3)9-14/h2*4-7,9-11H,8H2,1-3H3. The van der Waals surface area contributed by atoms with Gasteiger partial charge in [0.15, 0.2) is 0 Å². The lowest BCUT2D eigenvalue weighted by Crippen LogP contribution is -2.00. The Morgan fingerprint density at radius 3 is 1.07 bits per heavy atom. The Bertz CT molecular complexity index is 633. The summed E-state index contributed by atoms with van der Waals surface area (Å²) >= 11 is 0. The van der Waals surface area contributed by atoms with E-state index in [-0.39, 0.29) is 11.8 Å². The van der Waals surface area contributed by atoms with Crippen LogP contribution in [0.4, 0.5) is 0 Å². The molecule has 2 heteroatoms. The molecule has 2 aromatic carbocycles. The van der Waals surface area contributed by atoms with Crippen molar-refractivity contribution in [1.82, 2.24) is 0 Å². The van der Waals surface area contributed by atoms with Gasteiger partial charge in [-0.25, -0.2) is 0 Å². The van der Waals surface area contributed by atoms with Crippen LogP contribution in [-0.4, -0.2) is 12.6 Å². The van der Waals surface area contributed by atoms with Crippen LogP contribution in [0, 0.1) is 11.8 Å². The second-order valence-corrected chi connectivity index (χ2v) is 8.43. The highest BCUT2D eigenvalue weighted by molar-refractivity contribution is 5.54. The van der Waals surface area contributed by atoms with Gasteiger partial charge in [-0.15, -0.1) is 0 Å². The van der Waals surface area contributed by atoms with Crippen LogP contribution >= 0.6 is 0 Å². The lowest BCUT2D eigenvalue weighted by molar-refractivity contribution is -0.111. The van der Waals surface area contributed by atoms with Gasteiger partial charge in [0.2, 0.25) is 0 Å². The quantitative estimate of drug-likeness (QED) is 0.498. The number of rotatable bonds is 8. The Morgan fingerprint density at radius 2 is 0.857 bits per heavy atom. The molecular weight excluding hydrogens is 344 g/mol. The zero-order valence-corrected chi connectivity index (χ0v) is 18.3. The van der Waals surface area contributed by atoms with E-state index in [0.717, 1.165) is 25.4 Å². The third-order valence-corrected chi connectivity index (χ3v) is 4.87. The first-order valence-corrected chi connectivity index (χ1v) is 10.3. The van der Waals surface area contributed by atoms with E-state index in [4.69, 9.17) is 0 Å². The summed E-state index contributed by atoms with van der Waals surface area (Å²) in [5.41, 5.74) is 5.20. The monoisotopic (exact) mass is 380 g/mol. The maximum absolute atomic E-state index is 10.5. The van der Waals surface area contributed by atoms with Gasteiger partial charge < -0.3 is 9.59 Å². The first kappa shape index (κ1) is 23.8. The Balaban J connectivity index is 0.000000280. The molecule has 0 aliphatic heterocycles. The fourth-order valence-electron chi connectivity index (χ4n) is 2.92. The summed E-state index contributed by atoms with van der Waals surface area (Å²) in [7, 11) is 0. The van der Waals surface area contributed by atoms with Crippen LogP contribution in [0.2, 0.25) is 0 Å². The number of aldehydes is 2. The second-order valence-electron chi connectivity index (χ2n) is 8.43. The van der Waals surface area contributed by atoms with E-state index in [2.05, 4.69) is 76.2 Å². The first-order chi connectivity index (χ1) is 13.3. The molecule has 0 radical (unpaired) electrons. The fraction of sp³-hybridized carbons (Fsp3) is 0.462. The predicted molar refractivity (Wildman–Crippen MR) is 119 cm³/mol. The third kappa shape index (κ3) is 8.65. The van der Waals surface area contributed by atoms with Gasteiger partial charge in [0.1, 0.15) is 12.6 Å². The molecule has 0 saturated heterocycles. The van der Waals surface area contributed by atoms with E-state index in [1.54, 1.807) is 0 Å². The van der Waals surface area contributed by atoms with E-state index in [0.29, 0.717) is 11.8 Å². The van der Waals surface area contributed by atoms with Crippen LogP contribution in [0.5, 0.6) is 0 Å². The van der Waals surface area contributed by atoms with Crippen molar-refractivity contribution >= 4 is 12.6 Å². The predicted octanol–water partition coefficient (Wildman–Crippen LogP) is 6.38. The van der Waals surface area contributed by atoms with E-state index in [9.17, 15) is 9.59 Å². The average molecular weight is 381 g/mol. The van der Waals surface area contributed by atoms with Gasteiger partial charge in [0, 0.05) is 11.8 Å². The van der Waals surface area contributed by atoms with Gasteiger partial charge in [-0.3, -0.25) is 0 Å². The van der Waals surface area contributed by atoms with Crippen LogP contribution < -0.4 is 0 Å². The van der Waals surface area contributed by atoms with Gasteiger partial charge in [0.05, 0.1) is 0 Å². The largest absolute Gasteiger partial charge is 0.303 e. The van der Waals surface area contributed by atoms with E-state index >= 15 is 0 Å². The normalized spacial score (nSPS) is 12.9. The molecule has 2 aromatic rings. The molecule has 0 saturated carbocycles. The van der Waals surface area contributed by atoms with Crippen molar-refractivity contribution < 1.29 is 9.59 Å². The van der Waals surface area contributed by atoms with Crippen LogP contribution in [0.3, 0.4) is 0 Å². The Hall–Kier alpha value is -2.22. The van der Waals surface area contributed by atoms with Crippen molar-refractivity contribution in [3.05, 3.63) is 70.8 Å². The molecular formula is C26H36O2. The van der Waals surface area contributed by atoms with Crippen molar-refractivity contribution in [2.75, 3.05) is 0 Å². The van der Waals surface area contributed by atoms with Gasteiger partial charge in [0.25, 0.3) is 0 Å². The molecule has 0 heterocycles. The molecule has 0 fully saturated rings. The minimum Gasteiger partial charge on any atom is -0.303 e. The minimum atomic E-state index is 0.125. The molecule has 0 aromatic heterocycles. The van der Waals surface area contributed by atoms with Crippen molar-refractivity contribution in [1.29, 1.82) is 0 Å². The topological polar surface area (TPSA) is 34.1 Å². The average Bonchev–Trinajstić information content (AvgIpc) is 2.69. The summed E-state index contributed by atoms with van der Waals surface area (Å²) in [6.45, 7) is 12.6. The highest BCUT2D eigenvalue weighted by atomic mass is 16.1. The molecule has 0 amide bonds. The first-order valence-electron chi connectivity index (χ1n) is 10.3. The van der Waals surface area contributed by atoms with Crippen LogP contribution in [-0.2, 0) is 22.4 Å². The van der Waals surface area contributed by atoms with Crippen LogP contribution in [0.25, 0.3) is 0 Å². The van der Waals surface area contributed by atoms with Gasteiger partial charge in [-0.1, -0.05) is 90.1 Å². The Morgan fingerprint density at radius 1 is 0.571 bits per heavy atom. The zero-order chi connectivity index (χ0) is 21.1. The van der Waals surface area contributed by atoms with E-state index in [1.807, 2.05) is 13.8 Å². The lowest BCUT2D eigenvalue weighted by Gasteiger charge is -2.07. The minimum absolute atomic E-state index is 0.125. The van der Waals surface area contributed by atoms with Crippen LogP contribution in [0.1, 0.15) is 75.6 Å². The maximum Gasteiger partial charge on any atom is 0.123 e. The van der Waals surface area contributed by atoms with E-state index in [1.165, 1.54) is 22.3 Å². The smallest absolute Gasteiger partial charge is 0.123 e. The number of benzene rings is 2. The second kappa shape index (κ2) is 12.3. The molecule has 2 atom stereocenters. The number of carbonyl (C=O) groups excluding carboxylic acids is 2. The number of hydrogen-bond donors (Lipinski definition) is 0. The molecule has 2 unspecified atom stereocenters. The maximum atomic E-state index is 10.5. The molecule has 152 valence electrons. The summed E-state index contributed by atoms with van der Waals surface area (Å²) in [6.07, 6.45) is 3.72. The molecule has 2 rings (SSSR count). The highest BCUT2D eigenvalue weighted by Gasteiger charge is 2.04. The summed E-state index contributed by atoms with van der Waals surface area (Å²) in [4.78, 5) is 21.0. The van der Waals surface area contributed by atoms with Crippen molar-refractivity contribution in [2.45, 2.75) is 66.2 Å². The van der Waals surface area contributed by atoms with Crippen molar-refractivity contribution in [2.24, 2.45) is 11.8 Å². The SMILES string of the molecule is CC(C=O)Cc1ccc(C(C)C)cc1.CC(C=O)Cc1ccc(C(C)C)cc1. The molecule has 0 bridgehead atoms. The van der Waals surface area contributed by atoms with Gasteiger partial charge >= 0.3 is 0 Å². The molecule has 0 N–H and O–H groups in total. The molecule has 0 aliphatic rings. The summed E-state index contributed by atoms with van der Waals surface area (Å²) in [5, 5.41) is 0. The fourth-order valence-corrected chi connectivity index (χ4v) is 2.92. The number of carbonyl (C=O) groups is 2. The number of hydrogen-bond acceptors (Lipinski definition) is 2. The van der Waals surface area contributed by atoms with Crippen molar-refractivity contribution in [3.8, 4) is 0 Å². The Kier molecular flexibility index (Phi) is 10.4. The highest BCUT2D eigenvalue weighted by Crippen LogP contribution is 2.17.